The molecule has 0 amide bonds. The highest BCUT2D eigenvalue weighted by Crippen LogP contribution is 2.14. The molecule has 0 radical (unpaired) electrons. The minimum Gasteiger partial charge on any atom is -0.383 e. The molecule has 0 spiro atoms. The Labute approximate surface area is 101 Å². The lowest BCUT2D eigenvalue weighted by Gasteiger charge is -2.27. The maximum atomic E-state index is 12.1. The van der Waals surface area contributed by atoms with Crippen LogP contribution < -0.4 is 5.32 Å². The zero-order valence-electron chi connectivity index (χ0n) is 10.0. The van der Waals surface area contributed by atoms with E-state index in [2.05, 4.69) is 10.3 Å². The predicted molar refractivity (Wildman–Crippen MR) is 65.0 cm³/mol. The number of Topliss-reactive ketones (excluding diaryl/α,β-unsaturated/α-hetero) is 1. The van der Waals surface area contributed by atoms with Crippen molar-refractivity contribution in [3.63, 3.8) is 0 Å². The van der Waals surface area contributed by atoms with Crippen molar-refractivity contribution >= 4 is 5.78 Å². The van der Waals surface area contributed by atoms with Gasteiger partial charge in [-0.05, 0) is 38.4 Å². The fraction of sp³-hybridized carbons (Fsp3) is 0.538. The second kappa shape index (κ2) is 5.38. The van der Waals surface area contributed by atoms with E-state index in [0.717, 1.165) is 31.5 Å². The van der Waals surface area contributed by atoms with Crippen LogP contribution in [-0.2, 0) is 0 Å². The molecule has 2 heterocycles. The third-order valence-electron chi connectivity index (χ3n) is 3.18. The van der Waals surface area contributed by atoms with E-state index in [4.69, 9.17) is 0 Å². The van der Waals surface area contributed by atoms with Crippen LogP contribution >= 0.6 is 0 Å². The first kappa shape index (κ1) is 12.2. The molecule has 4 heteroatoms. The minimum absolute atomic E-state index is 0.107. The molecule has 1 aliphatic heterocycles. The van der Waals surface area contributed by atoms with E-state index in [1.165, 1.54) is 0 Å². The van der Waals surface area contributed by atoms with Crippen LogP contribution in [0.25, 0.3) is 0 Å². The van der Waals surface area contributed by atoms with Crippen molar-refractivity contribution in [2.24, 2.45) is 0 Å². The average Bonchev–Trinajstić information content (AvgIpc) is 2.38. The third kappa shape index (κ3) is 2.90. The summed E-state index contributed by atoms with van der Waals surface area (Å²) < 4.78 is 0. The standard InChI is InChI=1S/C13H18N2O2/c1-9-8-10(5-7-14-9)12(16)13(17)11-4-2-3-6-15-11/h5,7-8,11,13,15,17H,2-4,6H2,1H3/t11-,13?/m0/s1. The van der Waals surface area contributed by atoms with Gasteiger partial charge < -0.3 is 10.4 Å². The fourth-order valence-electron chi connectivity index (χ4n) is 2.20. The Morgan fingerprint density at radius 1 is 1.59 bits per heavy atom. The summed E-state index contributed by atoms with van der Waals surface area (Å²) in [4.78, 5) is 16.1. The van der Waals surface area contributed by atoms with Gasteiger partial charge in [-0.1, -0.05) is 6.42 Å². The van der Waals surface area contributed by atoms with Crippen LogP contribution in [0.2, 0.25) is 0 Å². The van der Waals surface area contributed by atoms with Gasteiger partial charge in [-0.25, -0.2) is 0 Å². The minimum atomic E-state index is -0.947. The second-order valence-corrected chi connectivity index (χ2v) is 4.55. The van der Waals surface area contributed by atoms with Gasteiger partial charge >= 0.3 is 0 Å². The molecule has 2 atom stereocenters. The first-order valence-electron chi connectivity index (χ1n) is 6.07. The quantitative estimate of drug-likeness (QED) is 0.768. The Bertz CT molecular complexity index is 400. The lowest BCUT2D eigenvalue weighted by atomic mass is 9.94. The van der Waals surface area contributed by atoms with Gasteiger partial charge in [-0.15, -0.1) is 0 Å². The smallest absolute Gasteiger partial charge is 0.192 e. The molecule has 1 fully saturated rings. The average molecular weight is 234 g/mol. The van der Waals surface area contributed by atoms with Crippen molar-refractivity contribution in [2.45, 2.75) is 38.3 Å². The van der Waals surface area contributed by atoms with Gasteiger partial charge in [0.2, 0.25) is 0 Å². The molecular formula is C13H18N2O2. The third-order valence-corrected chi connectivity index (χ3v) is 3.18. The molecule has 1 saturated heterocycles. The Morgan fingerprint density at radius 2 is 2.41 bits per heavy atom. The summed E-state index contributed by atoms with van der Waals surface area (Å²) in [5.41, 5.74) is 1.33. The maximum Gasteiger partial charge on any atom is 0.192 e. The number of piperidine rings is 1. The van der Waals surface area contributed by atoms with Crippen LogP contribution in [-0.4, -0.2) is 34.6 Å². The van der Waals surface area contributed by atoms with Gasteiger partial charge in [-0.2, -0.15) is 0 Å². The highest BCUT2D eigenvalue weighted by molar-refractivity contribution is 5.99. The molecular weight excluding hydrogens is 216 g/mol. The fourth-order valence-corrected chi connectivity index (χ4v) is 2.20. The number of hydrogen-bond donors (Lipinski definition) is 2. The van der Waals surface area contributed by atoms with Crippen LogP contribution in [0.1, 0.15) is 35.3 Å². The number of pyridine rings is 1. The highest BCUT2D eigenvalue weighted by Gasteiger charge is 2.27. The zero-order valence-corrected chi connectivity index (χ0v) is 10.0. The van der Waals surface area contributed by atoms with Gasteiger partial charge in [0.1, 0.15) is 6.10 Å². The van der Waals surface area contributed by atoms with E-state index in [9.17, 15) is 9.90 Å². The largest absolute Gasteiger partial charge is 0.383 e. The van der Waals surface area contributed by atoms with Gasteiger partial charge in [0.25, 0.3) is 0 Å². The first-order chi connectivity index (χ1) is 8.18. The number of rotatable bonds is 3. The molecule has 92 valence electrons. The van der Waals surface area contributed by atoms with E-state index >= 15 is 0 Å². The van der Waals surface area contributed by atoms with Crippen molar-refractivity contribution in [1.82, 2.24) is 10.3 Å². The van der Waals surface area contributed by atoms with E-state index < -0.39 is 6.10 Å². The Kier molecular flexibility index (Phi) is 3.86. The van der Waals surface area contributed by atoms with Crippen molar-refractivity contribution in [3.8, 4) is 0 Å². The summed E-state index contributed by atoms with van der Waals surface area (Å²) in [7, 11) is 0. The zero-order chi connectivity index (χ0) is 12.3. The topological polar surface area (TPSA) is 62.2 Å². The lowest BCUT2D eigenvalue weighted by molar-refractivity contribution is 0.0627. The summed E-state index contributed by atoms with van der Waals surface area (Å²) in [6.07, 6.45) is 3.70. The number of carbonyl (C=O) groups excluding carboxylic acids is 1. The number of aliphatic hydroxyl groups is 1. The molecule has 0 aliphatic carbocycles. The number of aryl methyl sites for hydroxylation is 1. The van der Waals surface area contributed by atoms with Gasteiger partial charge in [0, 0.05) is 23.5 Å². The SMILES string of the molecule is Cc1cc(C(=O)C(O)[C@@H]2CCCCN2)ccn1. The monoisotopic (exact) mass is 234 g/mol. The van der Waals surface area contributed by atoms with Gasteiger partial charge in [0.15, 0.2) is 5.78 Å². The number of aliphatic hydroxyl groups excluding tert-OH is 1. The van der Waals surface area contributed by atoms with Crippen LogP contribution in [0.15, 0.2) is 18.3 Å². The summed E-state index contributed by atoms with van der Waals surface area (Å²) in [5, 5.41) is 13.3. The highest BCUT2D eigenvalue weighted by atomic mass is 16.3. The normalized spacial score (nSPS) is 22.1. The summed E-state index contributed by atoms with van der Waals surface area (Å²) in [5.74, 6) is -0.213. The van der Waals surface area contributed by atoms with E-state index in [0.29, 0.717) is 5.56 Å². The summed E-state index contributed by atoms with van der Waals surface area (Å²) >= 11 is 0. The number of carbonyl (C=O) groups is 1. The van der Waals surface area contributed by atoms with Crippen molar-refractivity contribution in [2.75, 3.05) is 6.54 Å². The molecule has 1 aromatic heterocycles. The molecule has 4 nitrogen and oxygen atoms in total. The Balaban J connectivity index is 2.08. The number of nitrogens with one attached hydrogen (secondary N) is 1. The number of hydrogen-bond acceptors (Lipinski definition) is 4. The lowest BCUT2D eigenvalue weighted by Crippen LogP contribution is -2.46. The summed E-state index contributed by atoms with van der Waals surface area (Å²) in [6.45, 7) is 2.71. The number of nitrogens with zero attached hydrogens (tertiary/aromatic N) is 1. The molecule has 2 N–H and O–H groups in total. The van der Waals surface area contributed by atoms with E-state index in [-0.39, 0.29) is 11.8 Å². The first-order valence-corrected chi connectivity index (χ1v) is 6.07. The molecule has 1 aliphatic rings. The predicted octanol–water partition coefficient (Wildman–Crippen LogP) is 1.08. The molecule has 1 unspecified atom stereocenters. The van der Waals surface area contributed by atoms with Crippen LogP contribution in [0.3, 0.4) is 0 Å². The van der Waals surface area contributed by atoms with Gasteiger partial charge in [0.05, 0.1) is 0 Å². The molecule has 0 aromatic carbocycles. The Morgan fingerprint density at radius 3 is 3.06 bits per heavy atom. The molecule has 0 saturated carbocycles. The van der Waals surface area contributed by atoms with Crippen LogP contribution in [0.4, 0.5) is 0 Å². The van der Waals surface area contributed by atoms with Crippen molar-refractivity contribution in [1.29, 1.82) is 0 Å². The summed E-state index contributed by atoms with van der Waals surface area (Å²) in [6, 6.07) is 3.26. The van der Waals surface area contributed by atoms with Gasteiger partial charge in [-0.3, -0.25) is 9.78 Å². The number of ketones is 1. The van der Waals surface area contributed by atoms with E-state index in [1.807, 2.05) is 6.92 Å². The second-order valence-electron chi connectivity index (χ2n) is 4.55. The van der Waals surface area contributed by atoms with Crippen LogP contribution in [0, 0.1) is 6.92 Å². The van der Waals surface area contributed by atoms with Crippen LogP contribution in [0.5, 0.6) is 0 Å². The van der Waals surface area contributed by atoms with E-state index in [1.54, 1.807) is 18.3 Å². The molecule has 17 heavy (non-hydrogen) atoms. The van der Waals surface area contributed by atoms with Crippen molar-refractivity contribution < 1.29 is 9.90 Å². The van der Waals surface area contributed by atoms with Crippen molar-refractivity contribution in [3.05, 3.63) is 29.6 Å². The Hall–Kier alpha value is -1.26. The molecule has 0 bridgehead atoms. The number of aromatic nitrogens is 1. The molecule has 2 rings (SSSR count). The maximum absolute atomic E-state index is 12.1. The molecule has 1 aromatic rings.